The highest BCUT2D eigenvalue weighted by atomic mass is 16.1. The van der Waals surface area contributed by atoms with Crippen molar-refractivity contribution < 1.29 is 0 Å². The van der Waals surface area contributed by atoms with Crippen molar-refractivity contribution in [2.45, 2.75) is 6.54 Å². The van der Waals surface area contributed by atoms with E-state index in [9.17, 15) is 4.79 Å². The van der Waals surface area contributed by atoms with Gasteiger partial charge in [-0.1, -0.05) is 60.7 Å². The summed E-state index contributed by atoms with van der Waals surface area (Å²) < 4.78 is 3.68. The van der Waals surface area contributed by atoms with Gasteiger partial charge in [0.2, 0.25) is 5.78 Å². The number of imidazole rings is 1. The molecule has 0 N–H and O–H groups in total. The lowest BCUT2D eigenvalue weighted by molar-refractivity contribution is 0.768. The van der Waals surface area contributed by atoms with Crippen molar-refractivity contribution in [3.05, 3.63) is 101 Å². The summed E-state index contributed by atoms with van der Waals surface area (Å²) in [7, 11) is 0. The molecule has 5 nitrogen and oxygen atoms in total. The van der Waals surface area contributed by atoms with Crippen LogP contribution < -0.4 is 5.56 Å². The van der Waals surface area contributed by atoms with Crippen molar-refractivity contribution in [2.75, 3.05) is 0 Å². The van der Waals surface area contributed by atoms with Crippen LogP contribution in [-0.4, -0.2) is 18.9 Å². The van der Waals surface area contributed by atoms with Crippen molar-refractivity contribution in [3.63, 3.8) is 0 Å². The van der Waals surface area contributed by atoms with Crippen LogP contribution in [0.15, 0.2) is 90.0 Å². The Bertz CT molecular complexity index is 1300. The number of aromatic nitrogens is 4. The highest BCUT2D eigenvalue weighted by molar-refractivity contribution is 5.79. The maximum absolute atomic E-state index is 13.2. The summed E-state index contributed by atoms with van der Waals surface area (Å²) in [5, 5.41) is 0.580. The van der Waals surface area contributed by atoms with E-state index in [1.54, 1.807) is 23.0 Å². The molecule has 0 fully saturated rings. The molecule has 2 aromatic carbocycles. The Morgan fingerprint density at radius 2 is 1.56 bits per heavy atom. The smallest absolute Gasteiger partial charge is 0.264 e. The van der Waals surface area contributed by atoms with E-state index in [2.05, 4.69) is 9.97 Å². The number of hydrogen-bond donors (Lipinski definition) is 0. The van der Waals surface area contributed by atoms with Crippen LogP contribution in [0.25, 0.3) is 28.1 Å². The summed E-state index contributed by atoms with van der Waals surface area (Å²) in [4.78, 5) is 22.2. The Morgan fingerprint density at radius 1 is 0.815 bits per heavy atom. The molecule has 0 unspecified atom stereocenters. The van der Waals surface area contributed by atoms with Crippen molar-refractivity contribution in [1.82, 2.24) is 18.9 Å². The van der Waals surface area contributed by atoms with Crippen molar-refractivity contribution in [2.24, 2.45) is 0 Å². The average molecular weight is 352 g/mol. The summed E-state index contributed by atoms with van der Waals surface area (Å²) in [5.41, 5.74) is 3.53. The molecule has 0 aliphatic rings. The highest BCUT2D eigenvalue weighted by Crippen LogP contribution is 2.23. The predicted octanol–water partition coefficient (Wildman–Crippen LogP) is 3.76. The zero-order valence-electron chi connectivity index (χ0n) is 14.5. The van der Waals surface area contributed by atoms with Crippen LogP contribution in [0.5, 0.6) is 0 Å². The molecule has 0 radical (unpaired) electrons. The number of nitrogens with zero attached hydrogens (tertiary/aromatic N) is 4. The van der Waals surface area contributed by atoms with Gasteiger partial charge in [-0.15, -0.1) is 0 Å². The van der Waals surface area contributed by atoms with Gasteiger partial charge in [0.15, 0.2) is 5.65 Å². The third kappa shape index (κ3) is 2.52. The van der Waals surface area contributed by atoms with Gasteiger partial charge in [-0.05, 0) is 17.7 Å². The first-order valence-corrected chi connectivity index (χ1v) is 8.77. The van der Waals surface area contributed by atoms with Crippen LogP contribution in [0.3, 0.4) is 0 Å². The largest absolute Gasteiger partial charge is 0.273 e. The Kier molecular flexibility index (Phi) is 3.57. The van der Waals surface area contributed by atoms with Gasteiger partial charge in [-0.2, -0.15) is 0 Å². The zero-order chi connectivity index (χ0) is 18.2. The third-order valence-electron chi connectivity index (χ3n) is 4.71. The molecule has 3 aromatic heterocycles. The molecule has 0 amide bonds. The van der Waals surface area contributed by atoms with E-state index in [4.69, 9.17) is 0 Å². The van der Waals surface area contributed by atoms with E-state index < -0.39 is 0 Å². The molecule has 0 saturated carbocycles. The van der Waals surface area contributed by atoms with Crippen LogP contribution in [0.1, 0.15) is 5.56 Å². The number of fused-ring (bicyclic) bond motifs is 3. The molecule has 27 heavy (non-hydrogen) atoms. The van der Waals surface area contributed by atoms with E-state index >= 15 is 0 Å². The van der Waals surface area contributed by atoms with Gasteiger partial charge >= 0.3 is 0 Å². The molecule has 0 saturated heterocycles. The fraction of sp³-hybridized carbons (Fsp3) is 0.0455. The maximum Gasteiger partial charge on any atom is 0.264 e. The van der Waals surface area contributed by atoms with Crippen LogP contribution in [-0.2, 0) is 6.54 Å². The predicted molar refractivity (Wildman–Crippen MR) is 106 cm³/mol. The third-order valence-corrected chi connectivity index (χ3v) is 4.71. The summed E-state index contributed by atoms with van der Waals surface area (Å²) in [5.74, 6) is 0.592. The number of rotatable bonds is 3. The van der Waals surface area contributed by atoms with Crippen LogP contribution in [0, 0.1) is 0 Å². The zero-order valence-corrected chi connectivity index (χ0v) is 14.5. The van der Waals surface area contributed by atoms with Crippen LogP contribution in [0.2, 0.25) is 0 Å². The number of pyridine rings is 1. The van der Waals surface area contributed by atoms with Gasteiger partial charge in [0.1, 0.15) is 0 Å². The van der Waals surface area contributed by atoms with E-state index in [1.165, 1.54) is 0 Å². The minimum absolute atomic E-state index is 0.0836. The monoisotopic (exact) mass is 352 g/mol. The van der Waals surface area contributed by atoms with E-state index in [0.29, 0.717) is 23.4 Å². The first-order valence-electron chi connectivity index (χ1n) is 8.77. The molecule has 3 heterocycles. The van der Waals surface area contributed by atoms with Gasteiger partial charge in [0.25, 0.3) is 5.56 Å². The molecule has 0 spiro atoms. The SMILES string of the molecule is O=c1c2cccnc2n2c(-c3ccccc3)cnc2n1Cc1ccccc1. The lowest BCUT2D eigenvalue weighted by atomic mass is 10.2. The molecular formula is C22H16N4O. The lowest BCUT2D eigenvalue weighted by Crippen LogP contribution is -2.24. The van der Waals surface area contributed by atoms with Gasteiger partial charge in [0, 0.05) is 11.8 Å². The minimum Gasteiger partial charge on any atom is -0.273 e. The quantitative estimate of drug-likeness (QED) is 0.497. The second kappa shape index (κ2) is 6.21. The molecule has 0 aliphatic carbocycles. The first kappa shape index (κ1) is 15.5. The number of hydrogen-bond acceptors (Lipinski definition) is 3. The summed E-state index contributed by atoms with van der Waals surface area (Å²) in [6, 6.07) is 23.6. The summed E-state index contributed by atoms with van der Waals surface area (Å²) in [6.07, 6.45) is 3.51. The minimum atomic E-state index is -0.0836. The van der Waals surface area contributed by atoms with Gasteiger partial charge in [-0.25, -0.2) is 9.97 Å². The molecule has 0 aliphatic heterocycles. The van der Waals surface area contributed by atoms with E-state index in [1.807, 2.05) is 71.1 Å². The first-order chi connectivity index (χ1) is 13.3. The number of benzene rings is 2. The second-order valence-corrected chi connectivity index (χ2v) is 6.40. The Labute approximate surface area is 155 Å². The Morgan fingerprint density at radius 3 is 2.33 bits per heavy atom. The fourth-order valence-electron chi connectivity index (χ4n) is 3.44. The molecule has 5 heteroatoms. The Balaban J connectivity index is 1.86. The van der Waals surface area contributed by atoms with Crippen LogP contribution >= 0.6 is 0 Å². The van der Waals surface area contributed by atoms with Gasteiger partial charge < -0.3 is 0 Å². The van der Waals surface area contributed by atoms with Crippen LogP contribution in [0.4, 0.5) is 0 Å². The average Bonchev–Trinajstić information content (AvgIpc) is 3.18. The highest BCUT2D eigenvalue weighted by Gasteiger charge is 2.16. The van der Waals surface area contributed by atoms with Gasteiger partial charge in [0.05, 0.1) is 23.8 Å². The molecule has 0 atom stereocenters. The standard InChI is InChI=1S/C22H16N4O/c27-21-18-12-7-13-23-20(18)26-19(17-10-5-2-6-11-17)14-24-22(26)25(21)15-16-8-3-1-4-9-16/h1-14H,15H2. The van der Waals surface area contributed by atoms with Crippen molar-refractivity contribution in [1.29, 1.82) is 0 Å². The van der Waals surface area contributed by atoms with Crippen molar-refractivity contribution in [3.8, 4) is 11.3 Å². The molecule has 5 aromatic rings. The fourth-order valence-corrected chi connectivity index (χ4v) is 3.44. The second-order valence-electron chi connectivity index (χ2n) is 6.40. The topological polar surface area (TPSA) is 52.2 Å². The summed E-state index contributed by atoms with van der Waals surface area (Å²) >= 11 is 0. The van der Waals surface area contributed by atoms with E-state index in [0.717, 1.165) is 16.8 Å². The van der Waals surface area contributed by atoms with Crippen molar-refractivity contribution >= 4 is 16.8 Å². The Hall–Kier alpha value is -3.73. The normalized spacial score (nSPS) is 11.3. The maximum atomic E-state index is 13.2. The van der Waals surface area contributed by atoms with Gasteiger partial charge in [-0.3, -0.25) is 13.8 Å². The lowest BCUT2D eigenvalue weighted by Gasteiger charge is -2.12. The van der Waals surface area contributed by atoms with E-state index in [-0.39, 0.29) is 5.56 Å². The molecule has 130 valence electrons. The molecule has 0 bridgehead atoms. The molecule has 5 rings (SSSR count). The molecular weight excluding hydrogens is 336 g/mol. The summed E-state index contributed by atoms with van der Waals surface area (Å²) in [6.45, 7) is 0.458.